The number of rotatable bonds is 6. The Labute approximate surface area is 260 Å². The van der Waals surface area contributed by atoms with Gasteiger partial charge in [0.1, 0.15) is 0 Å². The van der Waals surface area contributed by atoms with Crippen molar-refractivity contribution in [2.24, 2.45) is 0 Å². The third-order valence-corrected chi connectivity index (χ3v) is 9.35. The fourth-order valence-electron chi connectivity index (χ4n) is 3.44. The number of nitrogens with zero attached hydrogens (tertiary/aromatic N) is 2. The Kier molecular flexibility index (Phi) is 8.91. The van der Waals surface area contributed by atoms with Crippen LogP contribution in [0.5, 0.6) is 11.5 Å². The summed E-state index contributed by atoms with van der Waals surface area (Å²) < 4.78 is 10.1. The van der Waals surface area contributed by atoms with Crippen molar-refractivity contribution in [2.45, 2.75) is 0 Å². The highest BCUT2D eigenvalue weighted by Crippen LogP contribution is 2.49. The fraction of sp³-hybridized carbons (Fsp3) is 0. The number of benzene rings is 4. The SMILES string of the molecule is O=[N+]([O-])c1ccc(-c2ccc(Br)c(Oc3c(Br)ccc(-c4ccc([N+](=O)[O-])cc4Br)c3Br)c2Br)c(Br)c1. The van der Waals surface area contributed by atoms with Gasteiger partial charge in [0.25, 0.3) is 11.4 Å². The van der Waals surface area contributed by atoms with Gasteiger partial charge in [0.2, 0.25) is 0 Å². The van der Waals surface area contributed by atoms with Crippen molar-refractivity contribution in [2.75, 3.05) is 0 Å². The average molecular weight is 886 g/mol. The summed E-state index contributed by atoms with van der Waals surface area (Å²) in [6.07, 6.45) is 0. The highest BCUT2D eigenvalue weighted by atomic mass is 79.9. The van der Waals surface area contributed by atoms with Crippen LogP contribution in [0.3, 0.4) is 0 Å². The minimum atomic E-state index is -0.453. The van der Waals surface area contributed by atoms with E-state index in [1.807, 2.05) is 24.3 Å². The van der Waals surface area contributed by atoms with Crippen molar-refractivity contribution in [1.82, 2.24) is 0 Å². The lowest BCUT2D eigenvalue weighted by atomic mass is 10.0. The first-order valence-corrected chi connectivity index (χ1v) is 14.8. The summed E-state index contributed by atoms with van der Waals surface area (Å²) >= 11 is 21.3. The van der Waals surface area contributed by atoms with Crippen LogP contribution in [0.2, 0.25) is 0 Å². The summed E-state index contributed by atoms with van der Waals surface area (Å²) in [5, 5.41) is 22.3. The van der Waals surface area contributed by atoms with Gasteiger partial charge in [-0.1, -0.05) is 12.1 Å². The van der Waals surface area contributed by atoms with E-state index >= 15 is 0 Å². The Hall–Kier alpha value is -1.64. The van der Waals surface area contributed by atoms with E-state index in [0.717, 1.165) is 22.3 Å². The smallest absolute Gasteiger partial charge is 0.270 e. The van der Waals surface area contributed by atoms with E-state index in [0.29, 0.717) is 38.3 Å². The zero-order chi connectivity index (χ0) is 27.0. The number of halogens is 6. The Morgan fingerprint density at radius 3 is 1.19 bits per heavy atom. The monoisotopic (exact) mass is 880 g/mol. The molecule has 0 spiro atoms. The minimum Gasteiger partial charge on any atom is -0.453 e. The molecule has 188 valence electrons. The van der Waals surface area contributed by atoms with Crippen molar-refractivity contribution < 1.29 is 14.6 Å². The molecule has 13 heteroatoms. The number of hydrogen-bond donors (Lipinski definition) is 0. The van der Waals surface area contributed by atoms with E-state index < -0.39 is 9.85 Å². The summed E-state index contributed by atoms with van der Waals surface area (Å²) in [6, 6.07) is 16.5. The molecule has 0 saturated heterocycles. The number of ether oxygens (including phenoxy) is 1. The highest BCUT2D eigenvalue weighted by molar-refractivity contribution is 9.11. The molecule has 0 saturated carbocycles. The topological polar surface area (TPSA) is 95.5 Å². The van der Waals surface area contributed by atoms with Crippen LogP contribution in [0.25, 0.3) is 22.3 Å². The number of hydrogen-bond acceptors (Lipinski definition) is 5. The Bertz CT molecular complexity index is 1480. The van der Waals surface area contributed by atoms with Crippen molar-refractivity contribution in [3.8, 4) is 33.8 Å². The van der Waals surface area contributed by atoms with Gasteiger partial charge in [-0.3, -0.25) is 20.2 Å². The van der Waals surface area contributed by atoms with E-state index in [1.54, 1.807) is 12.1 Å². The molecule has 0 aliphatic rings. The molecule has 0 heterocycles. The molecule has 0 amide bonds. The molecule has 0 atom stereocenters. The van der Waals surface area contributed by atoms with Crippen molar-refractivity contribution in [3.63, 3.8) is 0 Å². The molecule has 0 N–H and O–H groups in total. The predicted molar refractivity (Wildman–Crippen MR) is 163 cm³/mol. The molecule has 4 aromatic rings. The van der Waals surface area contributed by atoms with Gasteiger partial charge in [-0.25, -0.2) is 0 Å². The maximum atomic E-state index is 11.1. The van der Waals surface area contributed by atoms with E-state index in [9.17, 15) is 20.2 Å². The fourth-order valence-corrected chi connectivity index (χ4v) is 7.24. The zero-order valence-corrected chi connectivity index (χ0v) is 27.5. The van der Waals surface area contributed by atoms with Crippen molar-refractivity contribution in [3.05, 3.63) is 108 Å². The molecular formula is C24H10Br6N2O5. The lowest BCUT2D eigenvalue weighted by Gasteiger charge is -2.18. The Morgan fingerprint density at radius 2 is 0.865 bits per heavy atom. The molecule has 0 radical (unpaired) electrons. The predicted octanol–water partition coefficient (Wildman–Crippen LogP) is 11.2. The van der Waals surface area contributed by atoms with Gasteiger partial charge >= 0.3 is 0 Å². The van der Waals surface area contributed by atoms with Crippen LogP contribution in [0.15, 0.2) is 87.5 Å². The third-order valence-electron chi connectivity index (χ3n) is 5.21. The van der Waals surface area contributed by atoms with Gasteiger partial charge in [-0.2, -0.15) is 0 Å². The van der Waals surface area contributed by atoms with E-state index in [1.165, 1.54) is 24.3 Å². The molecule has 7 nitrogen and oxygen atoms in total. The molecule has 0 aliphatic heterocycles. The number of non-ortho nitro benzene ring substituents is 2. The van der Waals surface area contributed by atoms with Crippen LogP contribution in [0.4, 0.5) is 11.4 Å². The maximum absolute atomic E-state index is 11.1. The van der Waals surface area contributed by atoms with Crippen LogP contribution in [-0.2, 0) is 0 Å². The summed E-state index contributed by atoms with van der Waals surface area (Å²) in [5.74, 6) is 0.952. The van der Waals surface area contributed by atoms with Gasteiger partial charge in [0.05, 0.1) is 27.7 Å². The van der Waals surface area contributed by atoms with Gasteiger partial charge in [0, 0.05) is 44.3 Å². The van der Waals surface area contributed by atoms with Crippen molar-refractivity contribution >= 4 is 107 Å². The molecule has 0 unspecified atom stereocenters. The molecule has 0 aromatic heterocycles. The first-order valence-electron chi connectivity index (χ1n) is 10.0. The lowest BCUT2D eigenvalue weighted by molar-refractivity contribution is -0.385. The minimum absolute atomic E-state index is 0.0255. The molecular weight excluding hydrogens is 876 g/mol. The van der Waals surface area contributed by atoms with Gasteiger partial charge in [0.15, 0.2) is 11.5 Å². The first-order chi connectivity index (χ1) is 17.5. The Morgan fingerprint density at radius 1 is 0.514 bits per heavy atom. The second kappa shape index (κ2) is 11.6. The molecule has 0 fully saturated rings. The second-order valence-electron chi connectivity index (χ2n) is 7.42. The highest BCUT2D eigenvalue weighted by Gasteiger charge is 2.22. The summed E-state index contributed by atoms with van der Waals surface area (Å²) in [6.45, 7) is 0. The third kappa shape index (κ3) is 5.86. The Balaban J connectivity index is 1.80. The summed E-state index contributed by atoms with van der Waals surface area (Å²) in [7, 11) is 0. The average Bonchev–Trinajstić information content (AvgIpc) is 2.84. The molecule has 4 rings (SSSR count). The lowest BCUT2D eigenvalue weighted by Crippen LogP contribution is -1.95. The molecule has 4 aromatic carbocycles. The number of nitro groups is 2. The molecule has 0 aliphatic carbocycles. The molecule has 0 bridgehead atoms. The normalized spacial score (nSPS) is 10.9. The quantitative estimate of drug-likeness (QED) is 0.142. The first kappa shape index (κ1) is 28.4. The summed E-state index contributed by atoms with van der Waals surface area (Å²) in [5.41, 5.74) is 2.92. The van der Waals surface area contributed by atoms with E-state index in [-0.39, 0.29) is 11.4 Å². The standard InChI is InChI=1S/C24H10Br6N2O5/c25-17-7-5-15(13-3-1-11(31(33)34)9-19(13)27)21(29)23(17)37-24-18(26)8-6-16(22(24)30)14-4-2-12(32(35)36)10-20(14)28/h1-10H. The largest absolute Gasteiger partial charge is 0.453 e. The van der Waals surface area contributed by atoms with Crippen LogP contribution >= 0.6 is 95.6 Å². The summed E-state index contributed by atoms with van der Waals surface area (Å²) in [4.78, 5) is 21.4. The van der Waals surface area contributed by atoms with Crippen LogP contribution in [0, 0.1) is 20.2 Å². The maximum Gasteiger partial charge on any atom is 0.270 e. The van der Waals surface area contributed by atoms with Gasteiger partial charge in [-0.15, -0.1) is 0 Å². The van der Waals surface area contributed by atoms with Gasteiger partial charge in [-0.05, 0) is 131 Å². The second-order valence-corrected chi connectivity index (χ2v) is 12.4. The van der Waals surface area contributed by atoms with Crippen LogP contribution in [-0.4, -0.2) is 9.85 Å². The van der Waals surface area contributed by atoms with Crippen LogP contribution < -0.4 is 4.74 Å². The van der Waals surface area contributed by atoms with E-state index in [2.05, 4.69) is 95.6 Å². The van der Waals surface area contributed by atoms with Crippen molar-refractivity contribution in [1.29, 1.82) is 0 Å². The zero-order valence-electron chi connectivity index (χ0n) is 18.0. The molecule has 37 heavy (non-hydrogen) atoms. The van der Waals surface area contributed by atoms with Crippen LogP contribution in [0.1, 0.15) is 0 Å². The number of nitro benzene ring substituents is 2. The van der Waals surface area contributed by atoms with Gasteiger partial charge < -0.3 is 4.74 Å². The van der Waals surface area contributed by atoms with E-state index in [4.69, 9.17) is 4.74 Å².